The predicted octanol–water partition coefficient (Wildman–Crippen LogP) is 4.66. The van der Waals surface area contributed by atoms with E-state index in [4.69, 9.17) is 23.4 Å². The minimum atomic E-state index is -0.988. The molecule has 4 rings (SSSR count). The Bertz CT molecular complexity index is 1070. The zero-order valence-electron chi connectivity index (χ0n) is 21.2. The van der Waals surface area contributed by atoms with E-state index in [9.17, 15) is 14.7 Å². The topological polar surface area (TPSA) is 119 Å². The summed E-state index contributed by atoms with van der Waals surface area (Å²) >= 11 is 0. The molecule has 2 aliphatic carbocycles. The zero-order valence-corrected chi connectivity index (χ0v) is 21.2. The van der Waals surface area contributed by atoms with Gasteiger partial charge in [0.25, 0.3) is 0 Å². The van der Waals surface area contributed by atoms with Gasteiger partial charge in [0.1, 0.15) is 18.1 Å². The fourth-order valence-electron chi connectivity index (χ4n) is 6.09. The molecular weight excluding hydrogens is 464 g/mol. The Hall–Kier alpha value is -2.58. The third-order valence-electron chi connectivity index (χ3n) is 7.93. The van der Waals surface area contributed by atoms with Crippen LogP contribution in [0.3, 0.4) is 0 Å². The Morgan fingerprint density at radius 1 is 1.19 bits per heavy atom. The van der Waals surface area contributed by atoms with Gasteiger partial charge in [0, 0.05) is 0 Å². The molecule has 0 spiro atoms. The van der Waals surface area contributed by atoms with Crippen molar-refractivity contribution in [3.63, 3.8) is 0 Å². The lowest BCUT2D eigenvalue weighted by molar-refractivity contribution is -0.139. The molecule has 1 fully saturated rings. The van der Waals surface area contributed by atoms with Gasteiger partial charge in [-0.25, -0.2) is 9.59 Å². The van der Waals surface area contributed by atoms with Gasteiger partial charge in [-0.2, -0.15) is 0 Å². The van der Waals surface area contributed by atoms with E-state index in [1.807, 2.05) is 12.1 Å². The van der Waals surface area contributed by atoms with Gasteiger partial charge >= 0.3 is 11.8 Å². The van der Waals surface area contributed by atoms with Gasteiger partial charge in [0.05, 0.1) is 12.2 Å². The molecule has 2 aliphatic rings. The number of aliphatic carboxylic acids is 1. The van der Waals surface area contributed by atoms with E-state index in [-0.39, 0.29) is 31.3 Å². The molecule has 1 aromatic carbocycles. The van der Waals surface area contributed by atoms with E-state index >= 15 is 0 Å². The van der Waals surface area contributed by atoms with E-state index in [2.05, 4.69) is 13.0 Å². The predicted molar refractivity (Wildman–Crippen MR) is 132 cm³/mol. The lowest BCUT2D eigenvalue weighted by Crippen LogP contribution is -2.28. The van der Waals surface area contributed by atoms with Crippen LogP contribution in [0, 0.1) is 24.7 Å². The molecule has 0 aliphatic heterocycles. The van der Waals surface area contributed by atoms with Gasteiger partial charge in [-0.15, -0.1) is 0 Å². The lowest BCUT2D eigenvalue weighted by atomic mass is 9.73. The molecule has 1 aromatic heterocycles. The Balaban J connectivity index is 1.39. The number of carboxylic acids is 1. The highest BCUT2D eigenvalue weighted by Gasteiger charge is 2.45. The van der Waals surface area contributed by atoms with Crippen molar-refractivity contribution in [1.82, 2.24) is 0 Å². The van der Waals surface area contributed by atoms with Crippen LogP contribution in [0.25, 0.3) is 0 Å². The first-order chi connectivity index (χ1) is 17.4. The average Bonchev–Trinajstić information content (AvgIpc) is 3.33. The summed E-state index contributed by atoms with van der Waals surface area (Å²) in [5.74, 6) is 0.776. The average molecular weight is 503 g/mol. The van der Waals surface area contributed by atoms with Gasteiger partial charge in [0.2, 0.25) is 0 Å². The quantitative estimate of drug-likeness (QED) is 0.380. The molecule has 1 heterocycles. The molecule has 0 saturated heterocycles. The Morgan fingerprint density at radius 2 is 2.03 bits per heavy atom. The molecule has 2 N–H and O–H groups in total. The number of carbonyl (C=O) groups is 1. The maximum absolute atomic E-state index is 11.4. The fourth-order valence-corrected chi connectivity index (χ4v) is 6.09. The molecule has 8 heteroatoms. The summed E-state index contributed by atoms with van der Waals surface area (Å²) in [4.78, 5) is 22.3. The smallest absolute Gasteiger partial charge is 0.482 e. The van der Waals surface area contributed by atoms with E-state index in [1.54, 1.807) is 6.92 Å². The number of benzene rings is 1. The number of rotatable bonds is 13. The molecule has 0 unspecified atom stereocenters. The second-order valence-corrected chi connectivity index (χ2v) is 10.3. The van der Waals surface area contributed by atoms with Crippen LogP contribution >= 0.6 is 0 Å². The summed E-state index contributed by atoms with van der Waals surface area (Å²) in [5.41, 5.74) is 2.28. The van der Waals surface area contributed by atoms with Crippen LogP contribution in [0.5, 0.6) is 5.75 Å². The van der Waals surface area contributed by atoms with Gasteiger partial charge in [-0.05, 0) is 80.4 Å². The number of aryl methyl sites for hydroxylation is 1. The summed E-state index contributed by atoms with van der Waals surface area (Å²) < 4.78 is 21.8. The molecule has 2 aromatic rings. The third-order valence-corrected chi connectivity index (χ3v) is 7.93. The number of fused-ring (bicyclic) bond motifs is 2. The van der Waals surface area contributed by atoms with Crippen LogP contribution in [0.4, 0.5) is 0 Å². The number of ether oxygens (including phenoxy) is 2. The molecule has 8 nitrogen and oxygen atoms in total. The summed E-state index contributed by atoms with van der Waals surface area (Å²) in [6, 6.07) is 5.86. The minimum Gasteiger partial charge on any atom is -0.482 e. The van der Waals surface area contributed by atoms with Gasteiger partial charge in [-0.3, -0.25) is 0 Å². The molecule has 0 radical (unpaired) electrons. The van der Waals surface area contributed by atoms with Crippen LogP contribution in [0.15, 0.2) is 31.8 Å². The van der Waals surface area contributed by atoms with Crippen molar-refractivity contribution in [2.24, 2.45) is 17.8 Å². The van der Waals surface area contributed by atoms with E-state index in [0.717, 1.165) is 63.4 Å². The summed E-state index contributed by atoms with van der Waals surface area (Å²) in [7, 11) is 0. The highest BCUT2D eigenvalue weighted by molar-refractivity contribution is 5.68. The van der Waals surface area contributed by atoms with E-state index < -0.39 is 11.8 Å². The number of aliphatic hydroxyl groups excluding tert-OH is 1. The van der Waals surface area contributed by atoms with Crippen molar-refractivity contribution in [3.05, 3.63) is 51.5 Å². The summed E-state index contributed by atoms with van der Waals surface area (Å²) in [5, 5.41) is 20.0. The van der Waals surface area contributed by atoms with Crippen LogP contribution < -0.4 is 10.6 Å². The molecule has 1 saturated carbocycles. The van der Waals surface area contributed by atoms with Crippen molar-refractivity contribution in [1.29, 1.82) is 0 Å². The summed E-state index contributed by atoms with van der Waals surface area (Å²) in [6.45, 7) is 3.73. The standard InChI is InChI=1S/C28H38O8/c1-3-4-5-8-20(33-15-26-17(2)35-28(32)36-26)10-11-21-22-12-18-7-6-9-25(34-16-27(30)31)23(18)13-19(22)14-24(21)29/h6-7,9,19-22,24,29H,3-5,8,10-16H2,1-2H3,(H,30,31)/t19-,20-,21+,22-,24+/m0/s1. The molecular formula is C28H38O8. The highest BCUT2D eigenvalue weighted by atomic mass is 16.6. The molecule has 5 atom stereocenters. The lowest BCUT2D eigenvalue weighted by Gasteiger charge is -2.32. The number of carboxylic acid groups (broad SMARTS) is 1. The van der Waals surface area contributed by atoms with Crippen molar-refractivity contribution < 1.29 is 33.3 Å². The molecule has 0 bridgehead atoms. The largest absolute Gasteiger partial charge is 0.519 e. The second kappa shape index (κ2) is 12.1. The fraction of sp³-hybridized carbons (Fsp3) is 0.643. The third kappa shape index (κ3) is 6.40. The Kier molecular flexibility index (Phi) is 8.90. The summed E-state index contributed by atoms with van der Waals surface area (Å²) in [6.07, 6.45) is 8.07. The maximum Gasteiger partial charge on any atom is 0.519 e. The van der Waals surface area contributed by atoms with Gasteiger partial charge in [-0.1, -0.05) is 38.3 Å². The van der Waals surface area contributed by atoms with Crippen molar-refractivity contribution in [2.45, 2.75) is 90.4 Å². The Morgan fingerprint density at radius 3 is 2.75 bits per heavy atom. The highest BCUT2D eigenvalue weighted by Crippen LogP contribution is 2.48. The second-order valence-electron chi connectivity index (χ2n) is 10.3. The normalized spacial score (nSPS) is 23.8. The van der Waals surface area contributed by atoms with Crippen molar-refractivity contribution in [3.8, 4) is 5.75 Å². The van der Waals surface area contributed by atoms with Crippen LogP contribution in [-0.2, 0) is 29.0 Å². The van der Waals surface area contributed by atoms with E-state index in [0.29, 0.717) is 29.1 Å². The van der Waals surface area contributed by atoms with Crippen LogP contribution in [0.2, 0.25) is 0 Å². The van der Waals surface area contributed by atoms with Gasteiger partial charge in [0.15, 0.2) is 12.4 Å². The minimum absolute atomic E-state index is 0.0225. The first-order valence-electron chi connectivity index (χ1n) is 13.2. The van der Waals surface area contributed by atoms with Crippen molar-refractivity contribution in [2.75, 3.05) is 6.61 Å². The van der Waals surface area contributed by atoms with Crippen molar-refractivity contribution >= 4 is 5.97 Å². The first-order valence-corrected chi connectivity index (χ1v) is 13.2. The van der Waals surface area contributed by atoms with Gasteiger partial charge < -0.3 is 28.5 Å². The van der Waals surface area contributed by atoms with E-state index in [1.165, 1.54) is 5.56 Å². The monoisotopic (exact) mass is 502 g/mol. The number of unbranched alkanes of at least 4 members (excludes halogenated alkanes) is 2. The molecule has 36 heavy (non-hydrogen) atoms. The van der Waals surface area contributed by atoms with Crippen LogP contribution in [0.1, 0.15) is 74.5 Å². The van der Waals surface area contributed by atoms with Crippen LogP contribution in [-0.4, -0.2) is 35.0 Å². The maximum atomic E-state index is 11.4. The molecule has 198 valence electrons. The number of aliphatic hydroxyl groups is 1. The SMILES string of the molecule is CCCCC[C@@H](CC[C@@H]1[C@H]2Cc3cccc(OCC(=O)O)c3C[C@H]2C[C@H]1O)OCc1oc(=O)oc1C. The first kappa shape index (κ1) is 26.5. The number of hydrogen-bond acceptors (Lipinski definition) is 7. The molecule has 0 amide bonds. The number of hydrogen-bond donors (Lipinski definition) is 2. The zero-order chi connectivity index (χ0) is 25.7. The Labute approximate surface area is 211 Å².